The predicted molar refractivity (Wildman–Crippen MR) is 100 cm³/mol. The second kappa shape index (κ2) is 8.63. The number of nitrogens with one attached hydrogen (secondary N) is 1. The third kappa shape index (κ3) is 5.41. The molecule has 9 heteroatoms. The first kappa shape index (κ1) is 19.7. The number of hydrazone groups is 1. The number of phenolic OH excluding ortho intramolecular Hbond substituents is 1. The first-order valence-electron chi connectivity index (χ1n) is 6.90. The van der Waals surface area contributed by atoms with Crippen molar-refractivity contribution in [3.63, 3.8) is 0 Å². The summed E-state index contributed by atoms with van der Waals surface area (Å²) in [6, 6.07) is 7.50. The van der Waals surface area contributed by atoms with Gasteiger partial charge in [-0.15, -0.1) is 0 Å². The van der Waals surface area contributed by atoms with E-state index >= 15 is 0 Å². The first-order chi connectivity index (χ1) is 11.8. The topological polar surface area (TPSA) is 70.9 Å². The Labute approximate surface area is 164 Å². The highest BCUT2D eigenvalue weighted by molar-refractivity contribution is 6.36. The molecule has 2 aromatic rings. The lowest BCUT2D eigenvalue weighted by Crippen LogP contribution is -2.33. The summed E-state index contributed by atoms with van der Waals surface area (Å²) in [5.74, 6) is -0.395. The van der Waals surface area contributed by atoms with E-state index < -0.39 is 12.0 Å². The lowest BCUT2D eigenvalue weighted by atomic mass is 10.2. The predicted octanol–water partition coefficient (Wildman–Crippen LogP) is 4.92. The fraction of sp³-hybridized carbons (Fsp3) is 0.125. The van der Waals surface area contributed by atoms with Crippen molar-refractivity contribution in [2.75, 3.05) is 0 Å². The van der Waals surface area contributed by atoms with Gasteiger partial charge in [-0.3, -0.25) is 4.79 Å². The Morgan fingerprint density at radius 3 is 2.52 bits per heavy atom. The number of hydrogen-bond acceptors (Lipinski definition) is 4. The fourth-order valence-electron chi connectivity index (χ4n) is 1.76. The summed E-state index contributed by atoms with van der Waals surface area (Å²) in [4.78, 5) is 12.0. The van der Waals surface area contributed by atoms with E-state index in [0.717, 1.165) is 0 Å². The molecule has 1 unspecified atom stereocenters. The maximum atomic E-state index is 12.0. The number of rotatable bonds is 5. The highest BCUT2D eigenvalue weighted by Gasteiger charge is 2.16. The zero-order valence-electron chi connectivity index (χ0n) is 12.8. The Hall–Kier alpha value is -1.66. The minimum absolute atomic E-state index is 0.0781. The average Bonchev–Trinajstić information content (AvgIpc) is 2.54. The van der Waals surface area contributed by atoms with Crippen LogP contribution in [0.15, 0.2) is 35.4 Å². The van der Waals surface area contributed by atoms with Crippen LogP contribution in [0.4, 0.5) is 0 Å². The average molecular weight is 422 g/mol. The summed E-state index contributed by atoms with van der Waals surface area (Å²) in [5, 5.41) is 14.7. The Balaban J connectivity index is 2.00. The number of carbonyl (C=O) groups is 1. The van der Waals surface area contributed by atoms with Gasteiger partial charge in [-0.05, 0) is 37.3 Å². The molecular weight excluding hydrogens is 410 g/mol. The summed E-state index contributed by atoms with van der Waals surface area (Å²) in [5.41, 5.74) is 2.54. The second-order valence-electron chi connectivity index (χ2n) is 4.89. The van der Waals surface area contributed by atoms with Crippen LogP contribution >= 0.6 is 46.4 Å². The molecule has 5 nitrogen and oxygen atoms in total. The summed E-state index contributed by atoms with van der Waals surface area (Å²) < 4.78 is 5.46. The van der Waals surface area contributed by atoms with E-state index in [1.54, 1.807) is 12.1 Å². The third-order valence-electron chi connectivity index (χ3n) is 3.00. The number of nitrogens with zero attached hydrogens (tertiary/aromatic N) is 1. The largest absolute Gasteiger partial charge is 0.506 e. The van der Waals surface area contributed by atoms with Gasteiger partial charge in [0.1, 0.15) is 11.5 Å². The summed E-state index contributed by atoms with van der Waals surface area (Å²) >= 11 is 23.4. The first-order valence-corrected chi connectivity index (χ1v) is 8.41. The normalized spacial score (nSPS) is 12.2. The van der Waals surface area contributed by atoms with Gasteiger partial charge in [0.15, 0.2) is 6.10 Å². The number of carbonyl (C=O) groups excluding carboxylic acids is 1. The van der Waals surface area contributed by atoms with Crippen molar-refractivity contribution >= 4 is 58.5 Å². The lowest BCUT2D eigenvalue weighted by Gasteiger charge is -2.14. The van der Waals surface area contributed by atoms with Gasteiger partial charge < -0.3 is 9.84 Å². The van der Waals surface area contributed by atoms with Crippen LogP contribution in [0, 0.1) is 0 Å². The van der Waals surface area contributed by atoms with E-state index in [1.165, 1.54) is 31.3 Å². The van der Waals surface area contributed by atoms with Crippen LogP contribution in [0.2, 0.25) is 20.1 Å². The highest BCUT2D eigenvalue weighted by atomic mass is 35.5. The third-order valence-corrected chi connectivity index (χ3v) is 4.04. The molecule has 0 aliphatic rings. The van der Waals surface area contributed by atoms with Crippen LogP contribution < -0.4 is 10.2 Å². The van der Waals surface area contributed by atoms with Gasteiger partial charge >= 0.3 is 0 Å². The molecule has 0 spiro atoms. The monoisotopic (exact) mass is 420 g/mol. The highest BCUT2D eigenvalue weighted by Crippen LogP contribution is 2.30. The van der Waals surface area contributed by atoms with Crippen molar-refractivity contribution in [2.24, 2.45) is 5.10 Å². The molecule has 1 atom stereocenters. The van der Waals surface area contributed by atoms with Crippen LogP contribution in [-0.4, -0.2) is 23.3 Å². The van der Waals surface area contributed by atoms with Crippen LogP contribution in [0.5, 0.6) is 11.5 Å². The summed E-state index contributed by atoms with van der Waals surface area (Å²) in [6.45, 7) is 1.53. The molecule has 0 bridgehead atoms. The second-order valence-corrected chi connectivity index (χ2v) is 6.58. The van der Waals surface area contributed by atoms with Crippen molar-refractivity contribution in [2.45, 2.75) is 13.0 Å². The van der Waals surface area contributed by atoms with Gasteiger partial charge in [-0.25, -0.2) is 5.43 Å². The Morgan fingerprint density at radius 2 is 1.84 bits per heavy atom. The number of phenols is 1. The molecule has 2 N–H and O–H groups in total. The zero-order valence-corrected chi connectivity index (χ0v) is 15.8. The molecule has 1 amide bonds. The van der Waals surface area contributed by atoms with Crippen molar-refractivity contribution in [1.82, 2.24) is 5.43 Å². The van der Waals surface area contributed by atoms with Crippen LogP contribution in [0.25, 0.3) is 0 Å². The maximum Gasteiger partial charge on any atom is 0.280 e. The van der Waals surface area contributed by atoms with Gasteiger partial charge in [0.25, 0.3) is 5.91 Å². The molecule has 0 heterocycles. The Kier molecular flexibility index (Phi) is 6.79. The van der Waals surface area contributed by atoms with E-state index in [4.69, 9.17) is 51.1 Å². The number of halogens is 4. The minimum atomic E-state index is -0.868. The number of ether oxygens (including phenoxy) is 1. The van der Waals surface area contributed by atoms with Crippen molar-refractivity contribution in [1.29, 1.82) is 0 Å². The van der Waals surface area contributed by atoms with E-state index in [2.05, 4.69) is 10.5 Å². The Morgan fingerprint density at radius 1 is 1.16 bits per heavy atom. The fourth-order valence-corrected chi connectivity index (χ4v) is 2.72. The smallest absolute Gasteiger partial charge is 0.280 e. The molecule has 0 saturated carbocycles. The molecule has 0 saturated heterocycles. The molecule has 2 aromatic carbocycles. The van der Waals surface area contributed by atoms with Crippen LogP contribution in [0.1, 0.15) is 12.5 Å². The number of hydrogen-bond donors (Lipinski definition) is 2. The van der Waals surface area contributed by atoms with Crippen LogP contribution in [-0.2, 0) is 4.79 Å². The number of amides is 1. The molecule has 132 valence electrons. The van der Waals surface area contributed by atoms with Gasteiger partial charge in [-0.1, -0.05) is 46.4 Å². The maximum absolute atomic E-state index is 12.0. The van der Waals surface area contributed by atoms with Crippen molar-refractivity contribution < 1.29 is 14.6 Å². The van der Waals surface area contributed by atoms with Crippen molar-refractivity contribution in [3.05, 3.63) is 56.0 Å². The molecule has 0 radical (unpaired) electrons. The summed E-state index contributed by atoms with van der Waals surface area (Å²) in [7, 11) is 0. The quantitative estimate of drug-likeness (QED) is 0.531. The minimum Gasteiger partial charge on any atom is -0.506 e. The molecule has 0 fully saturated rings. The van der Waals surface area contributed by atoms with E-state index in [1.807, 2.05) is 0 Å². The van der Waals surface area contributed by atoms with Crippen LogP contribution in [0.3, 0.4) is 0 Å². The zero-order chi connectivity index (χ0) is 18.6. The molecule has 0 aromatic heterocycles. The van der Waals surface area contributed by atoms with Crippen molar-refractivity contribution in [3.8, 4) is 11.5 Å². The Bertz CT molecular complexity index is 827. The molecule has 25 heavy (non-hydrogen) atoms. The van der Waals surface area contributed by atoms with Gasteiger partial charge in [0, 0.05) is 15.6 Å². The molecular formula is C16H12Cl4N2O3. The SMILES string of the molecule is CC(Oc1ccc(Cl)cc1Cl)C(=O)NN=Cc1cc(Cl)cc(Cl)c1O. The van der Waals surface area contributed by atoms with Gasteiger partial charge in [0.05, 0.1) is 16.3 Å². The summed E-state index contributed by atoms with van der Waals surface area (Å²) in [6.07, 6.45) is 0.347. The molecule has 0 aliphatic heterocycles. The number of benzene rings is 2. The van der Waals surface area contributed by atoms with E-state index in [-0.39, 0.29) is 21.4 Å². The van der Waals surface area contributed by atoms with E-state index in [0.29, 0.717) is 15.8 Å². The number of aromatic hydroxyl groups is 1. The van der Waals surface area contributed by atoms with Gasteiger partial charge in [-0.2, -0.15) is 5.10 Å². The van der Waals surface area contributed by atoms with Gasteiger partial charge in [0.2, 0.25) is 0 Å². The molecule has 2 rings (SSSR count). The molecule has 0 aliphatic carbocycles. The standard InChI is InChI=1S/C16H12Cl4N2O3/c1-8(25-14-3-2-10(17)5-12(14)19)16(24)22-21-7-9-4-11(18)6-13(20)15(9)23/h2-8,23H,1H3,(H,22,24). The van der Waals surface area contributed by atoms with E-state index in [9.17, 15) is 9.90 Å². The lowest BCUT2D eigenvalue weighted by molar-refractivity contribution is -0.127.